The molecule has 0 spiro atoms. The zero-order valence-corrected chi connectivity index (χ0v) is 22.0. The summed E-state index contributed by atoms with van der Waals surface area (Å²) >= 11 is 0. The Morgan fingerprint density at radius 3 is 2.30 bits per heavy atom. The maximum Gasteiger partial charge on any atom is 0.334 e. The fourth-order valence-electron chi connectivity index (χ4n) is 5.32. The van der Waals surface area contributed by atoms with Crippen LogP contribution in [0.15, 0.2) is 23.8 Å². The molecule has 37 heavy (non-hydrogen) atoms. The predicted octanol–water partition coefficient (Wildman–Crippen LogP) is 2.31. The quantitative estimate of drug-likeness (QED) is 0.288. The van der Waals surface area contributed by atoms with Gasteiger partial charge in [0.05, 0.1) is 18.3 Å². The lowest BCUT2D eigenvalue weighted by Gasteiger charge is -2.37. The number of fused-ring (bicyclic) bond motifs is 3. The molecule has 0 radical (unpaired) electrons. The van der Waals surface area contributed by atoms with Crippen molar-refractivity contribution in [2.45, 2.75) is 90.5 Å². The fourth-order valence-corrected chi connectivity index (χ4v) is 5.32. The van der Waals surface area contributed by atoms with E-state index in [0.717, 1.165) is 0 Å². The first-order chi connectivity index (χ1) is 17.2. The van der Waals surface area contributed by atoms with Gasteiger partial charge in [0, 0.05) is 38.3 Å². The average molecular weight is 523 g/mol. The molecule has 3 rings (SSSR count). The van der Waals surface area contributed by atoms with Gasteiger partial charge in [0.1, 0.15) is 30.5 Å². The molecular formula is C26H34O11. The zero-order valence-electron chi connectivity index (χ0n) is 22.0. The Balaban J connectivity index is 2.16. The van der Waals surface area contributed by atoms with Gasteiger partial charge >= 0.3 is 29.8 Å². The van der Waals surface area contributed by atoms with E-state index in [1.165, 1.54) is 20.8 Å². The third kappa shape index (κ3) is 5.87. The molecule has 0 amide bonds. The molecule has 3 aliphatic rings. The van der Waals surface area contributed by atoms with E-state index in [1.807, 2.05) is 0 Å². The largest absolute Gasteiger partial charge is 0.465 e. The summed E-state index contributed by atoms with van der Waals surface area (Å²) in [5.74, 6) is -6.37. The van der Waals surface area contributed by atoms with Gasteiger partial charge in [-0.2, -0.15) is 0 Å². The standard InChI is InChI=1S/C26H34O11/c1-8-13(2)23(30)35-20-10-25(7)21(33-16(5)28)11-26(37-25,36-17(6)29)18(12-32-15(4)27)9-19-22(20)14(3)24(31)34-19/h8,18-22H,3,9-12H2,1-2,4-7H3. The maximum atomic E-state index is 12.8. The Kier molecular flexibility index (Phi) is 8.16. The minimum absolute atomic E-state index is 0.0233. The van der Waals surface area contributed by atoms with Gasteiger partial charge in [0.2, 0.25) is 5.79 Å². The lowest BCUT2D eigenvalue weighted by Crippen LogP contribution is -2.47. The molecule has 0 saturated carbocycles. The smallest absolute Gasteiger partial charge is 0.334 e. The summed E-state index contributed by atoms with van der Waals surface area (Å²) in [6, 6.07) is 0. The summed E-state index contributed by atoms with van der Waals surface area (Å²) in [5, 5.41) is 0. The van der Waals surface area contributed by atoms with Crippen molar-refractivity contribution in [1.82, 2.24) is 0 Å². The van der Waals surface area contributed by atoms with Crippen molar-refractivity contribution >= 4 is 29.8 Å². The SMILES string of the molecule is C=C1C(=O)OC2CC(COC(C)=O)C3(OC(C)=O)CC(OC(C)=O)C(C)(CC(OC(=O)C(C)=CC)C12)O3. The van der Waals surface area contributed by atoms with Crippen LogP contribution in [0, 0.1) is 11.8 Å². The van der Waals surface area contributed by atoms with Crippen LogP contribution in [-0.4, -0.2) is 66.2 Å². The number of ether oxygens (including phenoxy) is 6. The molecule has 11 heteroatoms. The van der Waals surface area contributed by atoms with Crippen LogP contribution < -0.4 is 0 Å². The number of carbonyl (C=O) groups is 5. The molecule has 3 saturated heterocycles. The lowest BCUT2D eigenvalue weighted by molar-refractivity contribution is -0.273. The Morgan fingerprint density at radius 1 is 1.05 bits per heavy atom. The number of hydrogen-bond donors (Lipinski definition) is 0. The molecule has 0 N–H and O–H groups in total. The summed E-state index contributed by atoms with van der Waals surface area (Å²) in [5.41, 5.74) is -0.868. The van der Waals surface area contributed by atoms with Crippen molar-refractivity contribution in [1.29, 1.82) is 0 Å². The van der Waals surface area contributed by atoms with E-state index in [-0.39, 0.29) is 31.4 Å². The minimum Gasteiger partial charge on any atom is -0.465 e. The number of allylic oxidation sites excluding steroid dienone is 1. The average Bonchev–Trinajstić information content (AvgIpc) is 3.21. The Labute approximate surface area is 215 Å². The van der Waals surface area contributed by atoms with Gasteiger partial charge in [-0.25, -0.2) is 9.59 Å². The predicted molar refractivity (Wildman–Crippen MR) is 125 cm³/mol. The second-order valence-electron chi connectivity index (χ2n) is 9.97. The van der Waals surface area contributed by atoms with Gasteiger partial charge in [-0.3, -0.25) is 14.4 Å². The van der Waals surface area contributed by atoms with E-state index in [9.17, 15) is 24.0 Å². The van der Waals surface area contributed by atoms with Crippen LogP contribution in [0.1, 0.15) is 60.8 Å². The third-order valence-electron chi connectivity index (χ3n) is 7.15. The molecule has 11 nitrogen and oxygen atoms in total. The van der Waals surface area contributed by atoms with Crippen molar-refractivity contribution in [3.05, 3.63) is 23.8 Å². The molecular weight excluding hydrogens is 488 g/mol. The summed E-state index contributed by atoms with van der Waals surface area (Å²) < 4.78 is 34.6. The summed E-state index contributed by atoms with van der Waals surface area (Å²) in [6.07, 6.45) is -1.21. The molecule has 0 aromatic rings. The van der Waals surface area contributed by atoms with Crippen LogP contribution in [0.5, 0.6) is 0 Å². The summed E-state index contributed by atoms with van der Waals surface area (Å²) in [4.78, 5) is 61.4. The molecule has 2 bridgehead atoms. The van der Waals surface area contributed by atoms with Gasteiger partial charge in [-0.15, -0.1) is 0 Å². The van der Waals surface area contributed by atoms with Gasteiger partial charge in [-0.05, 0) is 27.2 Å². The second-order valence-corrected chi connectivity index (χ2v) is 9.97. The second kappa shape index (κ2) is 10.6. The molecule has 3 fully saturated rings. The first kappa shape index (κ1) is 28.4. The molecule has 204 valence electrons. The first-order valence-electron chi connectivity index (χ1n) is 12.2. The molecule has 3 heterocycles. The van der Waals surface area contributed by atoms with Crippen LogP contribution >= 0.6 is 0 Å². The first-order valence-corrected chi connectivity index (χ1v) is 12.2. The Bertz CT molecular complexity index is 1030. The van der Waals surface area contributed by atoms with Gasteiger partial charge in [0.15, 0.2) is 0 Å². The van der Waals surface area contributed by atoms with Crippen molar-refractivity contribution in [3.63, 3.8) is 0 Å². The van der Waals surface area contributed by atoms with Gasteiger partial charge < -0.3 is 28.4 Å². The van der Waals surface area contributed by atoms with Crippen molar-refractivity contribution in [2.75, 3.05) is 6.61 Å². The number of rotatable bonds is 6. The highest BCUT2D eigenvalue weighted by Crippen LogP contribution is 2.52. The monoisotopic (exact) mass is 522 g/mol. The third-order valence-corrected chi connectivity index (χ3v) is 7.15. The highest BCUT2D eigenvalue weighted by molar-refractivity contribution is 5.91. The lowest BCUT2D eigenvalue weighted by atomic mass is 9.77. The Hall–Kier alpha value is -3.21. The van der Waals surface area contributed by atoms with E-state index in [0.29, 0.717) is 5.57 Å². The van der Waals surface area contributed by atoms with Crippen LogP contribution in [0.25, 0.3) is 0 Å². The van der Waals surface area contributed by atoms with E-state index >= 15 is 0 Å². The molecule has 0 aliphatic carbocycles. The van der Waals surface area contributed by atoms with Gasteiger partial charge in [-0.1, -0.05) is 12.7 Å². The topological polar surface area (TPSA) is 141 Å². The fraction of sp³-hybridized carbons (Fsp3) is 0.654. The number of hydrogen-bond acceptors (Lipinski definition) is 11. The van der Waals surface area contributed by atoms with E-state index < -0.39 is 71.4 Å². The van der Waals surface area contributed by atoms with E-state index in [1.54, 1.807) is 26.8 Å². The maximum absolute atomic E-state index is 12.8. The minimum atomic E-state index is -1.69. The molecule has 7 atom stereocenters. The molecule has 0 aromatic carbocycles. The molecule has 3 aliphatic heterocycles. The van der Waals surface area contributed by atoms with Crippen LogP contribution in [0.3, 0.4) is 0 Å². The zero-order chi connectivity index (χ0) is 27.7. The van der Waals surface area contributed by atoms with E-state index in [2.05, 4.69) is 6.58 Å². The van der Waals surface area contributed by atoms with Gasteiger partial charge in [0.25, 0.3) is 0 Å². The highest BCUT2D eigenvalue weighted by atomic mass is 16.7. The van der Waals surface area contributed by atoms with Crippen LogP contribution in [-0.2, 0) is 52.4 Å². The highest BCUT2D eigenvalue weighted by Gasteiger charge is 2.65. The van der Waals surface area contributed by atoms with Crippen LogP contribution in [0.4, 0.5) is 0 Å². The van der Waals surface area contributed by atoms with Crippen molar-refractivity contribution in [2.24, 2.45) is 11.8 Å². The number of esters is 5. The van der Waals surface area contributed by atoms with Crippen LogP contribution in [0.2, 0.25) is 0 Å². The molecule has 0 aromatic heterocycles. The molecule has 7 unspecified atom stereocenters. The van der Waals surface area contributed by atoms with Crippen molar-refractivity contribution < 1.29 is 52.4 Å². The Morgan fingerprint density at radius 2 is 1.73 bits per heavy atom. The number of carbonyl (C=O) groups excluding carboxylic acids is 5. The summed E-state index contributed by atoms with van der Waals surface area (Å²) in [6.45, 7) is 12.3. The normalized spacial score (nSPS) is 35.3. The van der Waals surface area contributed by atoms with E-state index in [4.69, 9.17) is 28.4 Å². The summed E-state index contributed by atoms with van der Waals surface area (Å²) in [7, 11) is 0. The van der Waals surface area contributed by atoms with Crippen molar-refractivity contribution in [3.8, 4) is 0 Å².